The maximum Gasteiger partial charge on any atom is 0.413 e. The second-order valence-corrected chi connectivity index (χ2v) is 3.86. The molecule has 0 radical (unpaired) electrons. The Morgan fingerprint density at radius 3 is 2.80 bits per heavy atom. The van der Waals surface area contributed by atoms with Gasteiger partial charge in [-0.2, -0.15) is 23.9 Å². The monoisotopic (exact) mass is 290 g/mol. The molecule has 1 aromatic rings. The van der Waals surface area contributed by atoms with Crippen LogP contribution >= 0.6 is 0 Å². The zero-order chi connectivity index (χ0) is 15.0. The van der Waals surface area contributed by atoms with Crippen molar-refractivity contribution < 1.29 is 27.9 Å². The lowest BCUT2D eigenvalue weighted by molar-refractivity contribution is -0.191. The Hall–Kier alpha value is -1.82. The first-order chi connectivity index (χ1) is 9.40. The topological polar surface area (TPSA) is 74.5 Å². The van der Waals surface area contributed by atoms with Crippen molar-refractivity contribution in [2.24, 2.45) is 0 Å². The number of nitrogens with zero attached hydrogens (tertiary/aromatic N) is 1. The summed E-state index contributed by atoms with van der Waals surface area (Å²) in [6, 6.07) is 8.22. The highest BCUT2D eigenvalue weighted by atomic mass is 19.4. The lowest BCUT2D eigenvalue weighted by Crippen LogP contribution is -2.34. The summed E-state index contributed by atoms with van der Waals surface area (Å²) in [6.45, 7) is -1.80. The van der Waals surface area contributed by atoms with E-state index in [2.05, 4.69) is 4.84 Å². The normalized spacial score (nSPS) is 12.8. The van der Waals surface area contributed by atoms with Gasteiger partial charge in [0.25, 0.3) is 0 Å². The quantitative estimate of drug-likeness (QED) is 0.586. The lowest BCUT2D eigenvalue weighted by Gasteiger charge is -2.14. The summed E-state index contributed by atoms with van der Waals surface area (Å²) >= 11 is 0. The molecule has 0 aliphatic heterocycles. The molecule has 1 unspecified atom stereocenters. The molecule has 0 fully saturated rings. The highest BCUT2D eigenvalue weighted by Crippen LogP contribution is 2.14. The smallest absolute Gasteiger partial charge is 0.413 e. The van der Waals surface area contributed by atoms with Crippen LogP contribution in [-0.4, -0.2) is 37.1 Å². The molecule has 0 aliphatic carbocycles. The van der Waals surface area contributed by atoms with Crippen LogP contribution in [0.2, 0.25) is 0 Å². The third-order valence-electron chi connectivity index (χ3n) is 2.06. The highest BCUT2D eigenvalue weighted by Gasteiger charge is 2.27. The second kappa shape index (κ2) is 7.69. The number of ether oxygens (including phenoxy) is 1. The van der Waals surface area contributed by atoms with Crippen LogP contribution in [0.15, 0.2) is 24.3 Å². The van der Waals surface area contributed by atoms with Crippen molar-refractivity contribution in [3.05, 3.63) is 29.8 Å². The van der Waals surface area contributed by atoms with Crippen molar-refractivity contribution in [1.29, 1.82) is 5.26 Å². The molecule has 110 valence electrons. The summed E-state index contributed by atoms with van der Waals surface area (Å²) in [7, 11) is 0. The van der Waals surface area contributed by atoms with Gasteiger partial charge in [0.1, 0.15) is 18.5 Å². The van der Waals surface area contributed by atoms with Gasteiger partial charge in [-0.25, -0.2) is 0 Å². The van der Waals surface area contributed by atoms with Crippen molar-refractivity contribution in [3.63, 3.8) is 0 Å². The number of halogens is 3. The van der Waals surface area contributed by atoms with Crippen molar-refractivity contribution in [1.82, 2.24) is 5.48 Å². The average molecular weight is 290 g/mol. The molecule has 1 aromatic carbocycles. The van der Waals surface area contributed by atoms with Gasteiger partial charge in [-0.05, 0) is 18.2 Å². The van der Waals surface area contributed by atoms with Gasteiger partial charge < -0.3 is 9.84 Å². The van der Waals surface area contributed by atoms with E-state index < -0.39 is 18.9 Å². The maximum atomic E-state index is 11.7. The van der Waals surface area contributed by atoms with E-state index in [1.54, 1.807) is 18.2 Å². The van der Waals surface area contributed by atoms with Crippen LogP contribution in [0.3, 0.4) is 0 Å². The Morgan fingerprint density at radius 2 is 2.15 bits per heavy atom. The standard InChI is InChI=1S/C12H13F3N2O3/c13-12(14,15)8-20-17-6-10(18)7-19-11-3-1-2-9(4-11)5-16/h1-4,10,17-18H,6-8H2. The number of hydroxylamine groups is 1. The van der Waals surface area contributed by atoms with Gasteiger partial charge in [0.15, 0.2) is 6.61 Å². The third-order valence-corrected chi connectivity index (χ3v) is 2.06. The van der Waals surface area contributed by atoms with E-state index in [4.69, 9.17) is 10.00 Å². The van der Waals surface area contributed by atoms with Crippen LogP contribution in [0.4, 0.5) is 13.2 Å². The number of hydrogen-bond donors (Lipinski definition) is 2. The molecule has 0 amide bonds. The molecule has 8 heteroatoms. The minimum atomic E-state index is -4.42. The summed E-state index contributed by atoms with van der Waals surface area (Å²) in [5, 5.41) is 18.1. The van der Waals surface area contributed by atoms with Gasteiger partial charge >= 0.3 is 6.18 Å². The Morgan fingerprint density at radius 1 is 1.40 bits per heavy atom. The summed E-state index contributed by atoms with van der Waals surface area (Å²) in [5.74, 6) is 0.388. The van der Waals surface area contributed by atoms with Crippen molar-refractivity contribution in [3.8, 4) is 11.8 Å². The number of hydrogen-bond acceptors (Lipinski definition) is 5. The predicted molar refractivity (Wildman–Crippen MR) is 62.7 cm³/mol. The summed E-state index contributed by atoms with van der Waals surface area (Å²) in [5.41, 5.74) is 2.40. The first kappa shape index (κ1) is 16.2. The lowest BCUT2D eigenvalue weighted by atomic mass is 10.2. The summed E-state index contributed by atoms with van der Waals surface area (Å²) in [4.78, 5) is 4.12. The average Bonchev–Trinajstić information content (AvgIpc) is 2.40. The van der Waals surface area contributed by atoms with E-state index in [-0.39, 0.29) is 13.2 Å². The minimum Gasteiger partial charge on any atom is -0.491 e. The number of alkyl halides is 3. The molecule has 20 heavy (non-hydrogen) atoms. The van der Waals surface area contributed by atoms with Crippen LogP contribution in [0, 0.1) is 11.3 Å². The van der Waals surface area contributed by atoms with Gasteiger partial charge in [0, 0.05) is 0 Å². The largest absolute Gasteiger partial charge is 0.491 e. The molecule has 0 saturated heterocycles. The molecule has 1 rings (SSSR count). The minimum absolute atomic E-state index is 0.142. The Balaban J connectivity index is 2.23. The fourth-order valence-electron chi connectivity index (χ4n) is 1.19. The van der Waals surface area contributed by atoms with Crippen molar-refractivity contribution >= 4 is 0 Å². The Kier molecular flexibility index (Phi) is 6.24. The number of aliphatic hydroxyl groups is 1. The van der Waals surface area contributed by atoms with E-state index >= 15 is 0 Å². The van der Waals surface area contributed by atoms with E-state index in [1.807, 2.05) is 11.5 Å². The molecule has 0 aliphatic rings. The Bertz CT molecular complexity index is 460. The molecule has 5 nitrogen and oxygen atoms in total. The number of benzene rings is 1. The number of aliphatic hydroxyl groups excluding tert-OH is 1. The van der Waals surface area contributed by atoms with Gasteiger partial charge in [0.05, 0.1) is 18.2 Å². The zero-order valence-electron chi connectivity index (χ0n) is 10.4. The van der Waals surface area contributed by atoms with Gasteiger partial charge in [-0.1, -0.05) is 6.07 Å². The van der Waals surface area contributed by atoms with Crippen LogP contribution in [0.5, 0.6) is 5.75 Å². The van der Waals surface area contributed by atoms with E-state index in [9.17, 15) is 18.3 Å². The molecule has 2 N–H and O–H groups in total. The highest BCUT2D eigenvalue weighted by molar-refractivity contribution is 5.36. The van der Waals surface area contributed by atoms with Gasteiger partial charge in [-0.15, -0.1) is 0 Å². The van der Waals surface area contributed by atoms with Crippen LogP contribution in [0.25, 0.3) is 0 Å². The number of rotatable bonds is 7. The van der Waals surface area contributed by atoms with Crippen molar-refractivity contribution in [2.75, 3.05) is 19.8 Å². The zero-order valence-corrected chi connectivity index (χ0v) is 10.4. The maximum absolute atomic E-state index is 11.7. The first-order valence-electron chi connectivity index (χ1n) is 5.63. The van der Waals surface area contributed by atoms with Crippen LogP contribution < -0.4 is 10.2 Å². The molecule has 0 spiro atoms. The van der Waals surface area contributed by atoms with Crippen LogP contribution in [-0.2, 0) is 4.84 Å². The molecular formula is C12H13F3N2O3. The second-order valence-electron chi connectivity index (χ2n) is 3.86. The summed E-state index contributed by atoms with van der Waals surface area (Å²) in [6.07, 6.45) is -5.47. The SMILES string of the molecule is N#Cc1cccc(OCC(O)CNOCC(F)(F)F)c1. The number of nitrogens with one attached hydrogen (secondary N) is 1. The Labute approximate surface area is 113 Å². The van der Waals surface area contributed by atoms with Gasteiger partial charge in [-0.3, -0.25) is 4.84 Å². The predicted octanol–water partition coefficient (Wildman–Crippen LogP) is 1.38. The van der Waals surface area contributed by atoms with Crippen LogP contribution in [0.1, 0.15) is 5.56 Å². The first-order valence-corrected chi connectivity index (χ1v) is 5.63. The van der Waals surface area contributed by atoms with Gasteiger partial charge in [0.2, 0.25) is 0 Å². The van der Waals surface area contributed by atoms with Crippen molar-refractivity contribution in [2.45, 2.75) is 12.3 Å². The molecule has 0 bridgehead atoms. The molecule has 0 aromatic heterocycles. The third kappa shape index (κ3) is 6.94. The molecule has 0 saturated carbocycles. The van der Waals surface area contributed by atoms with E-state index in [0.717, 1.165) is 0 Å². The van der Waals surface area contributed by atoms with E-state index in [1.165, 1.54) is 6.07 Å². The number of nitriles is 1. The molecule has 0 heterocycles. The fraction of sp³-hybridized carbons (Fsp3) is 0.417. The fourth-order valence-corrected chi connectivity index (χ4v) is 1.19. The molecular weight excluding hydrogens is 277 g/mol. The van der Waals surface area contributed by atoms with E-state index in [0.29, 0.717) is 11.3 Å². The summed E-state index contributed by atoms with van der Waals surface area (Å²) < 4.78 is 40.4. The molecule has 1 atom stereocenters.